The number of amides is 1. The van der Waals surface area contributed by atoms with Crippen molar-refractivity contribution in [3.8, 4) is 0 Å². The van der Waals surface area contributed by atoms with Crippen LogP contribution in [0.25, 0.3) is 0 Å². The Morgan fingerprint density at radius 2 is 2.17 bits per heavy atom. The number of halogens is 3. The summed E-state index contributed by atoms with van der Waals surface area (Å²) in [5, 5.41) is 3.41. The van der Waals surface area contributed by atoms with Crippen molar-refractivity contribution in [2.75, 3.05) is 13.1 Å². The van der Waals surface area contributed by atoms with E-state index in [1.54, 1.807) is 4.90 Å². The predicted molar refractivity (Wildman–Crippen MR) is 75.3 cm³/mol. The van der Waals surface area contributed by atoms with Gasteiger partial charge in [-0.3, -0.25) is 4.79 Å². The minimum absolute atomic E-state index is 0.103. The van der Waals surface area contributed by atoms with Crippen molar-refractivity contribution < 1.29 is 18.0 Å². The van der Waals surface area contributed by atoms with Crippen molar-refractivity contribution >= 4 is 5.91 Å². The highest BCUT2D eigenvalue weighted by molar-refractivity contribution is 5.84. The number of nitrogens with zero attached hydrogens (tertiary/aromatic N) is 3. The maximum atomic E-state index is 13.1. The first-order valence-corrected chi connectivity index (χ1v) is 8.06. The van der Waals surface area contributed by atoms with Gasteiger partial charge in [0, 0.05) is 19.1 Å². The third kappa shape index (κ3) is 2.18. The Kier molecular flexibility index (Phi) is 3.23. The van der Waals surface area contributed by atoms with Crippen LogP contribution in [-0.4, -0.2) is 39.5 Å². The number of rotatable bonds is 1. The van der Waals surface area contributed by atoms with Crippen LogP contribution < -0.4 is 5.32 Å². The molecule has 0 bridgehead atoms. The fourth-order valence-corrected chi connectivity index (χ4v) is 4.50. The summed E-state index contributed by atoms with van der Waals surface area (Å²) in [6, 6.07) is 0.229. The molecule has 3 aliphatic rings. The molecule has 2 aliphatic heterocycles. The third-order valence-electron chi connectivity index (χ3n) is 5.60. The van der Waals surface area contributed by atoms with E-state index in [0.717, 1.165) is 32.2 Å². The summed E-state index contributed by atoms with van der Waals surface area (Å²) in [5.41, 5.74) is 0.128. The van der Waals surface area contributed by atoms with Crippen molar-refractivity contribution in [3.05, 3.63) is 17.7 Å². The summed E-state index contributed by atoms with van der Waals surface area (Å²) in [7, 11) is 0. The highest BCUT2D eigenvalue weighted by Crippen LogP contribution is 2.46. The SMILES string of the molecule is O=C(N1CCn2c(cnc2C(F)(F)F)C1)[C@]12CCC[C@H]1NCC2. The zero-order valence-corrected chi connectivity index (χ0v) is 12.7. The fourth-order valence-electron chi connectivity index (χ4n) is 4.50. The lowest BCUT2D eigenvalue weighted by Crippen LogP contribution is -2.50. The molecular formula is C15H19F3N4O. The summed E-state index contributed by atoms with van der Waals surface area (Å²) in [5.74, 6) is -0.759. The molecule has 0 aromatic carbocycles. The molecule has 126 valence electrons. The van der Waals surface area contributed by atoms with Crippen LogP contribution in [0.1, 0.15) is 37.2 Å². The predicted octanol–water partition coefficient (Wildman–Crippen LogP) is 1.78. The van der Waals surface area contributed by atoms with Crippen LogP contribution in [0.5, 0.6) is 0 Å². The van der Waals surface area contributed by atoms with Crippen molar-refractivity contribution in [1.29, 1.82) is 0 Å². The Bertz CT molecular complexity index is 629. The van der Waals surface area contributed by atoms with E-state index < -0.39 is 12.0 Å². The minimum atomic E-state index is -4.45. The lowest BCUT2D eigenvalue weighted by atomic mass is 9.80. The molecule has 8 heteroatoms. The van der Waals surface area contributed by atoms with Crippen LogP contribution in [-0.2, 0) is 24.1 Å². The molecule has 1 amide bonds. The van der Waals surface area contributed by atoms with Gasteiger partial charge in [0.05, 0.1) is 23.9 Å². The molecule has 1 saturated heterocycles. The number of fused-ring (bicyclic) bond motifs is 2. The number of aromatic nitrogens is 2. The number of carbonyl (C=O) groups is 1. The van der Waals surface area contributed by atoms with E-state index in [2.05, 4.69) is 10.3 Å². The molecule has 2 fully saturated rings. The van der Waals surface area contributed by atoms with Crippen LogP contribution in [0.4, 0.5) is 13.2 Å². The molecule has 2 atom stereocenters. The van der Waals surface area contributed by atoms with Gasteiger partial charge in [-0.1, -0.05) is 6.42 Å². The summed E-state index contributed by atoms with van der Waals surface area (Å²) in [4.78, 5) is 18.3. The smallest absolute Gasteiger partial charge is 0.334 e. The minimum Gasteiger partial charge on any atom is -0.334 e. The van der Waals surface area contributed by atoms with E-state index in [4.69, 9.17) is 0 Å². The maximum Gasteiger partial charge on any atom is 0.449 e. The molecular weight excluding hydrogens is 309 g/mol. The molecule has 0 unspecified atom stereocenters. The zero-order valence-electron chi connectivity index (χ0n) is 12.7. The van der Waals surface area contributed by atoms with Gasteiger partial charge in [0.25, 0.3) is 0 Å². The fraction of sp³-hybridized carbons (Fsp3) is 0.733. The Morgan fingerprint density at radius 1 is 1.35 bits per heavy atom. The normalized spacial score (nSPS) is 30.4. The van der Waals surface area contributed by atoms with Crippen LogP contribution in [0.3, 0.4) is 0 Å². The molecule has 1 N–H and O–H groups in total. The molecule has 23 heavy (non-hydrogen) atoms. The van der Waals surface area contributed by atoms with Gasteiger partial charge in [-0.15, -0.1) is 0 Å². The number of hydrogen-bond acceptors (Lipinski definition) is 3. The van der Waals surface area contributed by atoms with Crippen LogP contribution >= 0.6 is 0 Å². The van der Waals surface area contributed by atoms with Crippen molar-refractivity contribution in [3.63, 3.8) is 0 Å². The molecule has 0 spiro atoms. The largest absolute Gasteiger partial charge is 0.449 e. The first kappa shape index (κ1) is 15.0. The second-order valence-corrected chi connectivity index (χ2v) is 6.75. The van der Waals surface area contributed by atoms with E-state index in [-0.39, 0.29) is 30.5 Å². The van der Waals surface area contributed by atoms with Gasteiger partial charge in [0.2, 0.25) is 11.7 Å². The van der Waals surface area contributed by atoms with Crippen molar-refractivity contribution in [2.45, 2.75) is 51.0 Å². The number of hydrogen-bond donors (Lipinski definition) is 1. The molecule has 1 aromatic heterocycles. The summed E-state index contributed by atoms with van der Waals surface area (Å²) < 4.78 is 39.9. The molecule has 0 radical (unpaired) electrons. The first-order chi connectivity index (χ1) is 10.9. The summed E-state index contributed by atoms with van der Waals surface area (Å²) in [6.45, 7) is 1.54. The summed E-state index contributed by atoms with van der Waals surface area (Å²) >= 11 is 0. The maximum absolute atomic E-state index is 13.1. The van der Waals surface area contributed by atoms with Gasteiger partial charge in [-0.05, 0) is 25.8 Å². The van der Waals surface area contributed by atoms with Gasteiger partial charge in [-0.25, -0.2) is 4.98 Å². The highest BCUT2D eigenvalue weighted by Gasteiger charge is 2.53. The topological polar surface area (TPSA) is 50.2 Å². The average molecular weight is 328 g/mol. The van der Waals surface area contributed by atoms with Crippen LogP contribution in [0, 0.1) is 5.41 Å². The van der Waals surface area contributed by atoms with Crippen molar-refractivity contribution in [2.24, 2.45) is 5.41 Å². The molecule has 4 rings (SSSR count). The first-order valence-electron chi connectivity index (χ1n) is 8.06. The van der Waals surface area contributed by atoms with Gasteiger partial charge in [-0.2, -0.15) is 13.2 Å². The Labute approximate surface area is 131 Å². The molecule has 3 heterocycles. The number of carbonyl (C=O) groups excluding carboxylic acids is 1. The number of alkyl halides is 3. The van der Waals surface area contributed by atoms with Crippen LogP contribution in [0.2, 0.25) is 0 Å². The van der Waals surface area contributed by atoms with Crippen LogP contribution in [0.15, 0.2) is 6.20 Å². The Morgan fingerprint density at radius 3 is 2.96 bits per heavy atom. The monoisotopic (exact) mass is 328 g/mol. The lowest BCUT2D eigenvalue weighted by molar-refractivity contribution is -0.149. The van der Waals surface area contributed by atoms with Gasteiger partial charge < -0.3 is 14.8 Å². The van der Waals surface area contributed by atoms with Gasteiger partial charge >= 0.3 is 6.18 Å². The average Bonchev–Trinajstić information content (AvgIpc) is 3.18. The quantitative estimate of drug-likeness (QED) is 0.855. The number of nitrogens with one attached hydrogen (secondary N) is 1. The molecule has 1 aliphatic carbocycles. The standard InChI is InChI=1S/C15H19F3N4O/c16-15(17,18)12-20-8-10-9-21(6-7-22(10)12)13(23)14-3-1-2-11(14)19-5-4-14/h8,11,19H,1-7,9H2/t11-,14+/m1/s1. The van der Waals surface area contributed by atoms with Gasteiger partial charge in [0.15, 0.2) is 0 Å². The summed E-state index contributed by atoms with van der Waals surface area (Å²) in [6.07, 6.45) is 0.560. The second-order valence-electron chi connectivity index (χ2n) is 6.75. The highest BCUT2D eigenvalue weighted by atomic mass is 19.4. The van der Waals surface area contributed by atoms with E-state index in [0.29, 0.717) is 12.2 Å². The molecule has 5 nitrogen and oxygen atoms in total. The lowest BCUT2D eigenvalue weighted by Gasteiger charge is -2.37. The molecule has 1 aromatic rings. The Hall–Kier alpha value is -1.57. The Balaban J connectivity index is 1.57. The van der Waals surface area contributed by atoms with Crippen molar-refractivity contribution in [1.82, 2.24) is 19.8 Å². The van der Waals surface area contributed by atoms with E-state index in [9.17, 15) is 18.0 Å². The van der Waals surface area contributed by atoms with E-state index in [1.807, 2.05) is 0 Å². The van der Waals surface area contributed by atoms with Gasteiger partial charge in [0.1, 0.15) is 0 Å². The second kappa shape index (κ2) is 4.96. The molecule has 1 saturated carbocycles. The van der Waals surface area contributed by atoms with E-state index in [1.165, 1.54) is 10.8 Å². The van der Waals surface area contributed by atoms with E-state index >= 15 is 0 Å². The zero-order chi connectivity index (χ0) is 16.2. The number of imidazole rings is 1. The third-order valence-corrected chi connectivity index (χ3v) is 5.60.